The molecule has 17 heavy (non-hydrogen) atoms. The normalized spacial score (nSPS) is 11.7. The van der Waals surface area contributed by atoms with Gasteiger partial charge >= 0.3 is 6.03 Å². The van der Waals surface area contributed by atoms with E-state index in [0.717, 1.165) is 5.69 Å². The Balaban J connectivity index is 2.56. The van der Waals surface area contributed by atoms with Crippen LogP contribution in [0.2, 0.25) is 0 Å². The fourth-order valence-corrected chi connectivity index (χ4v) is 1.20. The first kappa shape index (κ1) is 13.2. The lowest BCUT2D eigenvalue weighted by Crippen LogP contribution is -2.28. The summed E-state index contributed by atoms with van der Waals surface area (Å²) in [6.45, 7) is 4.55. The average Bonchev–Trinajstić information content (AvgIpc) is 2.27. The number of aliphatic hydroxyl groups excluding tert-OH is 1. The molecule has 1 unspecified atom stereocenters. The summed E-state index contributed by atoms with van der Waals surface area (Å²) in [6, 6.07) is 3.19. The van der Waals surface area contributed by atoms with E-state index in [0.29, 0.717) is 18.9 Å². The highest BCUT2D eigenvalue weighted by molar-refractivity contribution is 5.88. The molecular formula is C11H18N4O2. The molecule has 0 saturated heterocycles. The van der Waals surface area contributed by atoms with E-state index in [1.54, 1.807) is 25.3 Å². The van der Waals surface area contributed by atoms with Gasteiger partial charge in [-0.1, -0.05) is 0 Å². The maximum absolute atomic E-state index is 11.3. The van der Waals surface area contributed by atoms with Gasteiger partial charge in [-0.2, -0.15) is 0 Å². The van der Waals surface area contributed by atoms with Crippen molar-refractivity contribution in [2.45, 2.75) is 20.0 Å². The molecule has 4 N–H and O–H groups in total. The van der Waals surface area contributed by atoms with Crippen LogP contribution in [0.4, 0.5) is 16.3 Å². The largest absolute Gasteiger partial charge is 0.392 e. The first-order chi connectivity index (χ1) is 8.11. The second-order valence-electron chi connectivity index (χ2n) is 3.64. The minimum absolute atomic E-state index is 0.285. The molecule has 0 radical (unpaired) electrons. The molecule has 0 aromatic carbocycles. The molecule has 1 atom stereocenters. The molecule has 1 heterocycles. The van der Waals surface area contributed by atoms with Gasteiger partial charge < -0.3 is 15.7 Å². The van der Waals surface area contributed by atoms with Gasteiger partial charge in [0.1, 0.15) is 5.82 Å². The Hall–Kier alpha value is -1.82. The summed E-state index contributed by atoms with van der Waals surface area (Å²) < 4.78 is 0. The van der Waals surface area contributed by atoms with Gasteiger partial charge in [0.05, 0.1) is 6.10 Å². The van der Waals surface area contributed by atoms with Crippen LogP contribution in [0.1, 0.15) is 13.8 Å². The molecule has 0 aliphatic rings. The van der Waals surface area contributed by atoms with Crippen molar-refractivity contribution in [3.8, 4) is 0 Å². The summed E-state index contributed by atoms with van der Waals surface area (Å²) in [5.41, 5.74) is 0.799. The van der Waals surface area contributed by atoms with Crippen molar-refractivity contribution >= 4 is 17.5 Å². The van der Waals surface area contributed by atoms with Crippen molar-refractivity contribution in [2.75, 3.05) is 23.7 Å². The van der Waals surface area contributed by atoms with E-state index in [4.69, 9.17) is 5.11 Å². The van der Waals surface area contributed by atoms with E-state index in [1.165, 1.54) is 0 Å². The number of anilines is 2. The monoisotopic (exact) mass is 238 g/mol. The van der Waals surface area contributed by atoms with Crippen molar-refractivity contribution in [1.29, 1.82) is 0 Å². The third-order valence-corrected chi connectivity index (χ3v) is 1.94. The van der Waals surface area contributed by atoms with E-state index < -0.39 is 6.10 Å². The number of urea groups is 1. The van der Waals surface area contributed by atoms with Crippen LogP contribution in [0.25, 0.3) is 0 Å². The lowest BCUT2D eigenvalue weighted by Gasteiger charge is -2.10. The number of carbonyl (C=O) groups is 1. The topological polar surface area (TPSA) is 86.3 Å². The van der Waals surface area contributed by atoms with Gasteiger partial charge in [0.15, 0.2) is 0 Å². The Kier molecular flexibility index (Phi) is 5.22. The van der Waals surface area contributed by atoms with Gasteiger partial charge in [-0.3, -0.25) is 5.32 Å². The predicted octanol–water partition coefficient (Wildman–Crippen LogP) is 1.02. The van der Waals surface area contributed by atoms with Crippen LogP contribution < -0.4 is 16.0 Å². The van der Waals surface area contributed by atoms with Gasteiger partial charge in [0, 0.05) is 31.0 Å². The van der Waals surface area contributed by atoms with Crippen molar-refractivity contribution in [3.05, 3.63) is 18.3 Å². The maximum Gasteiger partial charge on any atom is 0.320 e. The summed E-state index contributed by atoms with van der Waals surface area (Å²) in [6.07, 6.45) is 1.16. The van der Waals surface area contributed by atoms with Crippen molar-refractivity contribution < 1.29 is 9.90 Å². The summed E-state index contributed by atoms with van der Waals surface area (Å²) in [4.78, 5) is 15.3. The molecule has 94 valence electrons. The van der Waals surface area contributed by atoms with Crippen LogP contribution in [-0.4, -0.2) is 35.3 Å². The number of carbonyl (C=O) groups excluding carboxylic acids is 1. The molecule has 1 rings (SSSR count). The number of aromatic nitrogens is 1. The van der Waals surface area contributed by atoms with Gasteiger partial charge in [-0.05, 0) is 19.9 Å². The lowest BCUT2D eigenvalue weighted by molar-refractivity contribution is 0.208. The van der Waals surface area contributed by atoms with Crippen LogP contribution in [0.3, 0.4) is 0 Å². The van der Waals surface area contributed by atoms with Gasteiger partial charge in [-0.25, -0.2) is 9.78 Å². The molecule has 6 nitrogen and oxygen atoms in total. The first-order valence-electron chi connectivity index (χ1n) is 5.54. The van der Waals surface area contributed by atoms with Crippen LogP contribution >= 0.6 is 0 Å². The number of rotatable bonds is 5. The van der Waals surface area contributed by atoms with E-state index in [1.807, 2.05) is 6.92 Å². The van der Waals surface area contributed by atoms with Crippen LogP contribution in [-0.2, 0) is 0 Å². The van der Waals surface area contributed by atoms with Gasteiger partial charge in [0.25, 0.3) is 0 Å². The van der Waals surface area contributed by atoms with Crippen LogP contribution in [0.15, 0.2) is 18.3 Å². The summed E-state index contributed by atoms with van der Waals surface area (Å²) in [5.74, 6) is 0.464. The van der Waals surface area contributed by atoms with Crippen molar-refractivity contribution in [3.63, 3.8) is 0 Å². The zero-order chi connectivity index (χ0) is 12.7. The van der Waals surface area contributed by atoms with Crippen molar-refractivity contribution in [1.82, 2.24) is 10.3 Å². The molecule has 0 fully saturated rings. The standard InChI is InChI=1S/C11H18N4O2/c1-3-12-11(17)15-10-6-9(4-5-13-10)14-7-8(2)16/h4-6,8,16H,3,7H2,1-2H3,(H3,12,13,14,15,17). The Morgan fingerprint density at radius 2 is 2.35 bits per heavy atom. The molecule has 6 heteroatoms. The van der Waals surface area contributed by atoms with Crippen LogP contribution in [0.5, 0.6) is 0 Å². The highest BCUT2D eigenvalue weighted by atomic mass is 16.3. The van der Waals surface area contributed by atoms with Crippen molar-refractivity contribution in [2.24, 2.45) is 0 Å². The number of amides is 2. The fourth-order valence-electron chi connectivity index (χ4n) is 1.20. The molecule has 2 amide bonds. The number of pyridine rings is 1. The minimum Gasteiger partial charge on any atom is -0.392 e. The zero-order valence-electron chi connectivity index (χ0n) is 10.0. The maximum atomic E-state index is 11.3. The number of nitrogens with one attached hydrogen (secondary N) is 3. The third-order valence-electron chi connectivity index (χ3n) is 1.94. The first-order valence-corrected chi connectivity index (χ1v) is 5.54. The zero-order valence-corrected chi connectivity index (χ0v) is 10.0. The van der Waals surface area contributed by atoms with E-state index in [2.05, 4.69) is 20.9 Å². The van der Waals surface area contributed by atoms with Gasteiger partial charge in [-0.15, -0.1) is 0 Å². The van der Waals surface area contributed by atoms with Crippen LogP contribution in [0, 0.1) is 0 Å². The molecule has 0 bridgehead atoms. The molecule has 0 aliphatic carbocycles. The SMILES string of the molecule is CCNC(=O)Nc1cc(NCC(C)O)ccn1. The average molecular weight is 238 g/mol. The Morgan fingerprint density at radius 1 is 1.59 bits per heavy atom. The lowest BCUT2D eigenvalue weighted by atomic mass is 10.3. The van der Waals surface area contributed by atoms with E-state index >= 15 is 0 Å². The van der Waals surface area contributed by atoms with E-state index in [-0.39, 0.29) is 6.03 Å². The minimum atomic E-state index is -0.428. The van der Waals surface area contributed by atoms with E-state index in [9.17, 15) is 4.79 Å². The molecule has 1 aromatic heterocycles. The molecular weight excluding hydrogens is 220 g/mol. The number of hydrogen-bond donors (Lipinski definition) is 4. The second-order valence-corrected chi connectivity index (χ2v) is 3.64. The predicted molar refractivity (Wildman–Crippen MR) is 67.1 cm³/mol. The quantitative estimate of drug-likeness (QED) is 0.617. The Labute approximate surface area is 100 Å². The summed E-state index contributed by atoms with van der Waals surface area (Å²) in [5, 5.41) is 17.4. The van der Waals surface area contributed by atoms with Gasteiger partial charge in [0.2, 0.25) is 0 Å². The highest BCUT2D eigenvalue weighted by Gasteiger charge is 2.02. The smallest absolute Gasteiger partial charge is 0.320 e. The fraction of sp³-hybridized carbons (Fsp3) is 0.455. The highest BCUT2D eigenvalue weighted by Crippen LogP contribution is 2.11. The molecule has 0 aliphatic heterocycles. The molecule has 0 spiro atoms. The second kappa shape index (κ2) is 6.70. The Bertz CT molecular complexity index is 368. The summed E-state index contributed by atoms with van der Waals surface area (Å²) in [7, 11) is 0. The number of nitrogens with zero attached hydrogens (tertiary/aromatic N) is 1. The molecule has 0 saturated carbocycles. The third kappa shape index (κ3) is 5.17. The number of hydrogen-bond acceptors (Lipinski definition) is 4. The summed E-state index contributed by atoms with van der Waals surface area (Å²) >= 11 is 0. The Morgan fingerprint density at radius 3 is 3.00 bits per heavy atom. The number of aliphatic hydroxyl groups is 1. The molecule has 1 aromatic rings.